The van der Waals surface area contributed by atoms with E-state index in [1.54, 1.807) is 23.5 Å². The molecule has 2 rings (SSSR count). The Bertz CT molecular complexity index is 625. The fourth-order valence-corrected chi connectivity index (χ4v) is 3.22. The monoisotopic (exact) mass is 340 g/mol. The van der Waals surface area contributed by atoms with Crippen LogP contribution in [0.1, 0.15) is 25.2 Å². The number of aromatic nitrogens is 1. The van der Waals surface area contributed by atoms with E-state index >= 15 is 0 Å². The molecule has 0 aromatic carbocycles. The van der Waals surface area contributed by atoms with E-state index in [1.165, 1.54) is 29.8 Å². The molecule has 0 aliphatic heterocycles. The number of hydrogen-bond donors (Lipinski definition) is 0. The van der Waals surface area contributed by atoms with Crippen molar-refractivity contribution >= 4 is 34.6 Å². The minimum Gasteiger partial charge on any atom is -0.464 e. The van der Waals surface area contributed by atoms with Crippen molar-refractivity contribution < 1.29 is 19.1 Å². The van der Waals surface area contributed by atoms with Gasteiger partial charge in [-0.3, -0.25) is 4.79 Å². The zero-order chi connectivity index (χ0) is 15.9. The smallest absolute Gasteiger partial charge is 0.357 e. The summed E-state index contributed by atoms with van der Waals surface area (Å²) in [5.74, 6) is -0.544. The lowest BCUT2D eigenvalue weighted by atomic mass is 10.3. The molecule has 0 fully saturated rings. The Balaban J connectivity index is 2.10. The molecule has 0 aliphatic carbocycles. The molecule has 0 bridgehead atoms. The van der Waals surface area contributed by atoms with Crippen LogP contribution in [0, 0.1) is 0 Å². The van der Waals surface area contributed by atoms with E-state index < -0.39 is 5.97 Å². The number of esters is 1. The summed E-state index contributed by atoms with van der Waals surface area (Å²) in [6.45, 7) is 1.23. The molecule has 8 heteroatoms. The van der Waals surface area contributed by atoms with Gasteiger partial charge in [0.2, 0.25) is 0 Å². The van der Waals surface area contributed by atoms with Crippen LogP contribution in [0.4, 0.5) is 0 Å². The Labute approximate surface area is 136 Å². The van der Waals surface area contributed by atoms with Gasteiger partial charge in [-0.25, -0.2) is 9.78 Å². The molecule has 0 unspecified atom stereocenters. The molecule has 0 saturated carbocycles. The SMILES string of the molecule is COCCN(Cc1nc(C(=O)OC)cs1)C(=O)c1cccs1. The Morgan fingerprint density at radius 2 is 2.14 bits per heavy atom. The Hall–Kier alpha value is -1.77. The first-order valence-corrected chi connectivity index (χ1v) is 8.26. The van der Waals surface area contributed by atoms with Gasteiger partial charge in [-0.2, -0.15) is 0 Å². The second-order valence-corrected chi connectivity index (χ2v) is 6.21. The standard InChI is InChI=1S/C14H16N2O4S2/c1-19-6-5-16(13(17)11-4-3-7-21-11)8-12-15-10(9-22-12)14(18)20-2/h3-4,7,9H,5-6,8H2,1-2H3. The topological polar surface area (TPSA) is 68.7 Å². The van der Waals surface area contributed by atoms with Crippen LogP contribution in [-0.4, -0.2) is 49.1 Å². The average Bonchev–Trinajstić information content (AvgIpc) is 3.21. The lowest BCUT2D eigenvalue weighted by molar-refractivity contribution is 0.0594. The highest BCUT2D eigenvalue weighted by atomic mass is 32.1. The molecule has 2 aromatic heterocycles. The number of carbonyl (C=O) groups excluding carboxylic acids is 2. The highest BCUT2D eigenvalue weighted by Crippen LogP contribution is 2.17. The van der Waals surface area contributed by atoms with Crippen LogP contribution in [0.25, 0.3) is 0 Å². The molecule has 0 atom stereocenters. The molecule has 0 aliphatic rings. The van der Waals surface area contributed by atoms with Gasteiger partial charge in [0, 0.05) is 19.0 Å². The molecule has 22 heavy (non-hydrogen) atoms. The number of methoxy groups -OCH3 is 2. The van der Waals surface area contributed by atoms with Crippen LogP contribution >= 0.6 is 22.7 Å². The van der Waals surface area contributed by atoms with Crippen molar-refractivity contribution in [2.45, 2.75) is 6.54 Å². The van der Waals surface area contributed by atoms with Gasteiger partial charge in [0.05, 0.1) is 25.1 Å². The zero-order valence-corrected chi connectivity index (χ0v) is 13.9. The molecule has 2 heterocycles. The Morgan fingerprint density at radius 1 is 1.32 bits per heavy atom. The molecular formula is C14H16N2O4S2. The van der Waals surface area contributed by atoms with Crippen molar-refractivity contribution in [1.82, 2.24) is 9.88 Å². The third-order valence-corrected chi connectivity index (χ3v) is 4.55. The highest BCUT2D eigenvalue weighted by Gasteiger charge is 2.19. The number of ether oxygens (including phenoxy) is 2. The molecule has 1 amide bonds. The van der Waals surface area contributed by atoms with Crippen LogP contribution in [0.15, 0.2) is 22.9 Å². The summed E-state index contributed by atoms with van der Waals surface area (Å²) in [6.07, 6.45) is 0. The fourth-order valence-electron chi connectivity index (χ4n) is 1.76. The van der Waals surface area contributed by atoms with Crippen molar-refractivity contribution in [2.75, 3.05) is 27.4 Å². The second kappa shape index (κ2) is 8.02. The normalized spacial score (nSPS) is 10.5. The number of amides is 1. The van der Waals surface area contributed by atoms with Gasteiger partial charge in [-0.1, -0.05) is 6.07 Å². The van der Waals surface area contributed by atoms with Gasteiger partial charge in [-0.05, 0) is 11.4 Å². The van der Waals surface area contributed by atoms with E-state index in [-0.39, 0.29) is 11.6 Å². The third-order valence-electron chi connectivity index (χ3n) is 2.86. The second-order valence-electron chi connectivity index (χ2n) is 4.31. The molecule has 0 radical (unpaired) electrons. The van der Waals surface area contributed by atoms with Gasteiger partial charge < -0.3 is 14.4 Å². The molecule has 0 spiro atoms. The lowest BCUT2D eigenvalue weighted by Crippen LogP contribution is -2.33. The summed E-state index contributed by atoms with van der Waals surface area (Å²) < 4.78 is 9.69. The van der Waals surface area contributed by atoms with Gasteiger partial charge in [0.15, 0.2) is 5.69 Å². The van der Waals surface area contributed by atoms with Crippen LogP contribution in [0.2, 0.25) is 0 Å². The number of carbonyl (C=O) groups is 2. The predicted molar refractivity (Wildman–Crippen MR) is 84.4 cm³/mol. The van der Waals surface area contributed by atoms with Crippen molar-refractivity contribution in [3.63, 3.8) is 0 Å². The minimum absolute atomic E-state index is 0.0677. The average molecular weight is 340 g/mol. The molecule has 118 valence electrons. The summed E-state index contributed by atoms with van der Waals surface area (Å²) in [4.78, 5) is 30.4. The summed E-state index contributed by atoms with van der Waals surface area (Å²) in [6, 6.07) is 3.62. The largest absolute Gasteiger partial charge is 0.464 e. The van der Waals surface area contributed by atoms with Gasteiger partial charge in [-0.15, -0.1) is 22.7 Å². The third kappa shape index (κ3) is 4.12. The lowest BCUT2D eigenvalue weighted by Gasteiger charge is -2.20. The van der Waals surface area contributed by atoms with E-state index in [0.29, 0.717) is 29.6 Å². The molecule has 0 N–H and O–H groups in total. The number of nitrogens with zero attached hydrogens (tertiary/aromatic N) is 2. The molecular weight excluding hydrogens is 324 g/mol. The fraction of sp³-hybridized carbons (Fsp3) is 0.357. The molecule has 2 aromatic rings. The minimum atomic E-state index is -0.476. The maximum Gasteiger partial charge on any atom is 0.357 e. The van der Waals surface area contributed by atoms with E-state index in [9.17, 15) is 9.59 Å². The maximum atomic E-state index is 12.5. The first-order valence-electron chi connectivity index (χ1n) is 6.50. The first kappa shape index (κ1) is 16.6. The van der Waals surface area contributed by atoms with Crippen LogP contribution in [0.5, 0.6) is 0 Å². The highest BCUT2D eigenvalue weighted by molar-refractivity contribution is 7.12. The zero-order valence-electron chi connectivity index (χ0n) is 12.3. The number of hydrogen-bond acceptors (Lipinski definition) is 7. The molecule has 0 saturated heterocycles. The maximum absolute atomic E-state index is 12.5. The van der Waals surface area contributed by atoms with Crippen LogP contribution in [0.3, 0.4) is 0 Å². The molecule has 6 nitrogen and oxygen atoms in total. The number of thiophene rings is 1. The summed E-state index contributed by atoms with van der Waals surface area (Å²) in [5.41, 5.74) is 0.262. The van der Waals surface area contributed by atoms with E-state index in [0.717, 1.165) is 0 Å². The van der Waals surface area contributed by atoms with Crippen LogP contribution < -0.4 is 0 Å². The van der Waals surface area contributed by atoms with Crippen molar-refractivity contribution in [2.24, 2.45) is 0 Å². The van der Waals surface area contributed by atoms with Crippen LogP contribution in [-0.2, 0) is 16.0 Å². The Morgan fingerprint density at radius 3 is 2.77 bits per heavy atom. The van der Waals surface area contributed by atoms with Gasteiger partial charge >= 0.3 is 5.97 Å². The summed E-state index contributed by atoms with van der Waals surface area (Å²) >= 11 is 2.72. The van der Waals surface area contributed by atoms with E-state index in [1.807, 2.05) is 11.4 Å². The quantitative estimate of drug-likeness (QED) is 0.723. The van der Waals surface area contributed by atoms with Crippen molar-refractivity contribution in [3.05, 3.63) is 38.5 Å². The van der Waals surface area contributed by atoms with Gasteiger partial charge in [0.25, 0.3) is 5.91 Å². The number of thiazole rings is 1. The Kier molecular flexibility index (Phi) is 6.05. The van der Waals surface area contributed by atoms with Crippen molar-refractivity contribution in [1.29, 1.82) is 0 Å². The summed E-state index contributed by atoms with van der Waals surface area (Å²) in [7, 11) is 2.90. The van der Waals surface area contributed by atoms with E-state index in [2.05, 4.69) is 9.72 Å². The summed E-state index contributed by atoms with van der Waals surface area (Å²) in [5, 5.41) is 4.17. The first-order chi connectivity index (χ1) is 10.7. The predicted octanol–water partition coefficient (Wildman–Crippen LogP) is 2.28. The van der Waals surface area contributed by atoms with Crippen molar-refractivity contribution in [3.8, 4) is 0 Å². The van der Waals surface area contributed by atoms with Gasteiger partial charge in [0.1, 0.15) is 5.01 Å². The number of rotatable bonds is 7. The van der Waals surface area contributed by atoms with E-state index in [4.69, 9.17) is 4.74 Å².